The van der Waals surface area contributed by atoms with Crippen molar-refractivity contribution >= 4 is 44.4 Å². The summed E-state index contributed by atoms with van der Waals surface area (Å²) >= 11 is 5.51. The van der Waals surface area contributed by atoms with Crippen molar-refractivity contribution in [3.8, 4) is 5.75 Å². The van der Waals surface area contributed by atoms with Gasteiger partial charge in [-0.3, -0.25) is 0 Å². The molecule has 0 aromatic carbocycles. The highest BCUT2D eigenvalue weighted by atomic mass is 127. The number of aryl methyl sites for hydroxylation is 1. The number of aromatic nitrogens is 1. The van der Waals surface area contributed by atoms with Gasteiger partial charge in [-0.2, -0.15) is 0 Å². The van der Waals surface area contributed by atoms with E-state index in [-0.39, 0.29) is 0 Å². The fourth-order valence-corrected chi connectivity index (χ4v) is 1.89. The largest absolute Gasteiger partial charge is 0.490 e. The minimum Gasteiger partial charge on any atom is -0.490 e. The Labute approximate surface area is 106 Å². The van der Waals surface area contributed by atoms with Crippen LogP contribution in [0.25, 0.3) is 0 Å². The van der Waals surface area contributed by atoms with Crippen LogP contribution in [0.4, 0.5) is 0 Å². The van der Waals surface area contributed by atoms with Crippen LogP contribution in [0.2, 0.25) is 0 Å². The fourth-order valence-electron chi connectivity index (χ4n) is 0.851. The number of hydrogen-bond donors (Lipinski definition) is 0. The second-order valence-electron chi connectivity index (χ2n) is 2.55. The smallest absolute Gasteiger partial charge is 0.138 e. The van der Waals surface area contributed by atoms with Gasteiger partial charge in [0.1, 0.15) is 17.0 Å². The minimum atomic E-state index is 0.488. The van der Waals surface area contributed by atoms with Crippen molar-refractivity contribution in [1.29, 1.82) is 0 Å². The maximum absolute atomic E-state index is 5.44. The number of ether oxygens (including phenoxy) is 1. The maximum Gasteiger partial charge on any atom is 0.138 e. The zero-order valence-corrected chi connectivity index (χ0v) is 12.3. The Morgan fingerprint density at radius 3 is 3.00 bits per heavy atom. The lowest BCUT2D eigenvalue weighted by Crippen LogP contribution is -2.03. The number of rotatable bonds is 5. The quantitative estimate of drug-likeness (QED) is 0.334. The fraction of sp³-hybridized carbons (Fsp3) is 0.375. The van der Waals surface area contributed by atoms with Crippen molar-refractivity contribution in [2.45, 2.75) is 6.92 Å². The van der Waals surface area contributed by atoms with Crippen LogP contribution < -0.4 is 4.74 Å². The lowest BCUT2D eigenvalue weighted by Gasteiger charge is -2.06. The first-order valence-electron chi connectivity index (χ1n) is 3.96. The van der Waals surface area contributed by atoms with E-state index in [9.17, 15) is 0 Å². The van der Waals surface area contributed by atoms with E-state index in [1.165, 1.54) is 0 Å². The number of pyridine rings is 1. The summed E-state index contributed by atoms with van der Waals surface area (Å²) in [6.45, 7) is 3.66. The molecule has 1 atom stereocenters. The second kappa shape index (κ2) is 6.93. The zero-order valence-electron chi connectivity index (χ0n) is 7.59. The molecule has 0 fully saturated rings. The molecule has 6 heteroatoms. The highest BCUT2D eigenvalue weighted by molar-refractivity contribution is 14.2. The normalized spacial score (nSPS) is 11.1. The molecule has 0 spiro atoms. The molecule has 0 aliphatic heterocycles. The van der Waals surface area contributed by atoms with Gasteiger partial charge < -0.3 is 9.26 Å². The predicted molar refractivity (Wildman–Crippen MR) is 70.5 cm³/mol. The first kappa shape index (κ1) is 12.6. The highest BCUT2D eigenvalue weighted by Crippen LogP contribution is 2.21. The molecule has 0 aliphatic rings. The highest BCUT2D eigenvalue weighted by Gasteiger charge is 1.99. The van der Waals surface area contributed by atoms with E-state index >= 15 is 0 Å². The third kappa shape index (κ3) is 4.38. The van der Waals surface area contributed by atoms with E-state index in [0.717, 1.165) is 15.9 Å². The summed E-state index contributed by atoms with van der Waals surface area (Å²) in [5.41, 5.74) is 1.07. The van der Waals surface area contributed by atoms with Crippen molar-refractivity contribution in [2.24, 2.45) is 0 Å². The predicted octanol–water partition coefficient (Wildman–Crippen LogP) is 3.49. The van der Waals surface area contributed by atoms with Crippen LogP contribution in [-0.2, 0) is 4.52 Å². The molecule has 1 rings (SSSR count). The van der Waals surface area contributed by atoms with Gasteiger partial charge in [0.05, 0.1) is 19.3 Å². The molecule has 1 heterocycles. The summed E-state index contributed by atoms with van der Waals surface area (Å²) in [7, 11) is 0. The molecular weight excluding hydrogens is 380 g/mol. The monoisotopic (exact) mass is 389 g/mol. The molecule has 1 unspecified atom stereocenters. The van der Waals surface area contributed by atoms with Crippen molar-refractivity contribution in [3.05, 3.63) is 22.4 Å². The molecule has 0 N–H and O–H groups in total. The zero-order chi connectivity index (χ0) is 10.4. The third-order valence-electron chi connectivity index (χ3n) is 1.50. The summed E-state index contributed by atoms with van der Waals surface area (Å²) in [6, 6.07) is 1.95. The molecular formula is C8H10BrINO2P. The molecule has 0 saturated carbocycles. The van der Waals surface area contributed by atoms with E-state index in [4.69, 9.17) is 9.26 Å². The Bertz CT molecular complexity index is 301. The molecule has 14 heavy (non-hydrogen) atoms. The molecule has 1 aromatic rings. The topological polar surface area (TPSA) is 31.4 Å². The van der Waals surface area contributed by atoms with E-state index in [0.29, 0.717) is 19.7 Å². The Morgan fingerprint density at radius 2 is 2.36 bits per heavy atom. The molecule has 0 aliphatic carbocycles. The Morgan fingerprint density at radius 1 is 1.57 bits per heavy atom. The molecule has 0 radical (unpaired) electrons. The van der Waals surface area contributed by atoms with Crippen LogP contribution in [0.15, 0.2) is 16.9 Å². The van der Waals surface area contributed by atoms with Crippen molar-refractivity contribution < 1.29 is 9.26 Å². The van der Waals surface area contributed by atoms with E-state index < -0.39 is 0 Å². The van der Waals surface area contributed by atoms with E-state index in [1.54, 1.807) is 6.20 Å². The van der Waals surface area contributed by atoms with Crippen LogP contribution in [-0.4, -0.2) is 18.2 Å². The van der Waals surface area contributed by atoms with Gasteiger partial charge in [-0.15, -0.1) is 0 Å². The van der Waals surface area contributed by atoms with Gasteiger partial charge >= 0.3 is 0 Å². The van der Waals surface area contributed by atoms with Gasteiger partial charge in [-0.05, 0) is 56.5 Å². The number of hydrogen-bond acceptors (Lipinski definition) is 3. The summed E-state index contributed by atoms with van der Waals surface area (Å²) in [5.74, 6) is 0.783. The summed E-state index contributed by atoms with van der Waals surface area (Å²) in [4.78, 5) is 4.13. The summed E-state index contributed by atoms with van der Waals surface area (Å²) in [6.07, 6.45) is 1.70. The SMILES string of the molecule is Cc1cc(OCCOPI)cnc1Br. The van der Waals surface area contributed by atoms with Gasteiger partial charge in [-0.25, -0.2) is 4.98 Å². The molecule has 78 valence electrons. The van der Waals surface area contributed by atoms with Crippen LogP contribution in [0.3, 0.4) is 0 Å². The van der Waals surface area contributed by atoms with Gasteiger partial charge in [0.15, 0.2) is 0 Å². The molecule has 0 amide bonds. The number of nitrogens with zero attached hydrogens (tertiary/aromatic N) is 1. The summed E-state index contributed by atoms with van der Waals surface area (Å²) in [5, 5.41) is 0. The third-order valence-corrected chi connectivity index (χ3v) is 3.58. The van der Waals surface area contributed by atoms with Crippen LogP contribution in [0, 0.1) is 6.92 Å². The molecule has 0 saturated heterocycles. The van der Waals surface area contributed by atoms with Crippen molar-refractivity contribution in [1.82, 2.24) is 4.98 Å². The average molecular weight is 390 g/mol. The van der Waals surface area contributed by atoms with Crippen molar-refractivity contribution in [2.75, 3.05) is 13.2 Å². The molecule has 0 bridgehead atoms. The van der Waals surface area contributed by atoms with E-state index in [2.05, 4.69) is 43.0 Å². The first-order valence-corrected chi connectivity index (χ1v) is 8.78. The van der Waals surface area contributed by atoms with Crippen LogP contribution in [0.5, 0.6) is 5.75 Å². The Hall–Kier alpha value is 0.550. The number of halogens is 2. The van der Waals surface area contributed by atoms with E-state index in [1.807, 2.05) is 13.0 Å². The maximum atomic E-state index is 5.44. The first-order chi connectivity index (χ1) is 6.74. The second-order valence-corrected chi connectivity index (χ2v) is 5.07. The molecule has 3 nitrogen and oxygen atoms in total. The Balaban J connectivity index is 2.39. The molecule has 1 aromatic heterocycles. The van der Waals surface area contributed by atoms with Crippen LogP contribution in [0.1, 0.15) is 5.56 Å². The van der Waals surface area contributed by atoms with Gasteiger partial charge in [-0.1, -0.05) is 0 Å². The standard InChI is InChI=1S/C8H10BrINO2P/c1-6-4-7(5-11-8(6)9)12-2-3-13-14-10/h4-5,14H,2-3H2,1H3. The average Bonchev–Trinajstić information content (AvgIpc) is 2.18. The van der Waals surface area contributed by atoms with Gasteiger partial charge in [0, 0.05) is 0 Å². The minimum absolute atomic E-state index is 0.488. The van der Waals surface area contributed by atoms with Crippen molar-refractivity contribution in [3.63, 3.8) is 0 Å². The van der Waals surface area contributed by atoms with Gasteiger partial charge in [0.2, 0.25) is 0 Å². The summed E-state index contributed by atoms with van der Waals surface area (Å²) < 4.78 is 11.5. The van der Waals surface area contributed by atoms with Crippen LogP contribution >= 0.6 is 44.4 Å². The van der Waals surface area contributed by atoms with Gasteiger partial charge in [0.25, 0.3) is 0 Å². The Kier molecular flexibility index (Phi) is 6.25. The lowest BCUT2D eigenvalue weighted by atomic mass is 10.3. The lowest BCUT2D eigenvalue weighted by molar-refractivity contribution is 0.236.